The van der Waals surface area contributed by atoms with E-state index in [0.717, 1.165) is 14.3 Å². The molecule has 1 unspecified atom stereocenters. The Morgan fingerprint density at radius 2 is 1.77 bits per heavy atom. The number of carbonyl (C=O) groups is 4. The fourth-order valence-electron chi connectivity index (χ4n) is 3.41. The topological polar surface area (TPSA) is 119 Å². The molecular weight excluding hydrogens is 534 g/mol. The predicted molar refractivity (Wildman–Crippen MR) is 137 cm³/mol. The molecule has 0 radical (unpaired) electrons. The fourth-order valence-corrected chi connectivity index (χ4v) is 4.80. The van der Waals surface area contributed by atoms with Crippen molar-refractivity contribution in [2.45, 2.75) is 16.6 Å². The van der Waals surface area contributed by atoms with Gasteiger partial charge in [0.1, 0.15) is 0 Å². The van der Waals surface area contributed by atoms with Crippen molar-refractivity contribution in [1.82, 2.24) is 0 Å². The van der Waals surface area contributed by atoms with Crippen LogP contribution in [0.25, 0.3) is 0 Å². The number of carbonyl (C=O) groups excluding carboxylic acids is 4. The number of imide groups is 1. The van der Waals surface area contributed by atoms with E-state index in [4.69, 9.17) is 10.5 Å². The molecule has 1 heterocycles. The van der Waals surface area contributed by atoms with Crippen molar-refractivity contribution in [3.8, 4) is 0 Å². The number of nitrogens with one attached hydrogen (secondary N) is 1. The Morgan fingerprint density at radius 1 is 1.06 bits per heavy atom. The summed E-state index contributed by atoms with van der Waals surface area (Å²) in [6.45, 7) is -0.456. The van der Waals surface area contributed by atoms with Gasteiger partial charge in [-0.3, -0.25) is 14.4 Å². The van der Waals surface area contributed by atoms with Crippen molar-refractivity contribution >= 4 is 68.4 Å². The number of esters is 1. The molecule has 1 aliphatic rings. The van der Waals surface area contributed by atoms with Crippen LogP contribution in [0.15, 0.2) is 82.2 Å². The highest BCUT2D eigenvalue weighted by Crippen LogP contribution is 2.34. The standard InChI is InChI=1S/C25H20BrN3O5S/c26-16-6-8-18(9-7-16)28-22(30)14-34-25(33)15-4-10-19(11-5-15)29-23(31)13-21(24(29)32)35-20-3-1-2-17(27)12-20/h1-12,21H,13-14,27H2,(H,28,30). The first-order chi connectivity index (χ1) is 16.8. The average molecular weight is 554 g/mol. The Labute approximate surface area is 213 Å². The Balaban J connectivity index is 1.34. The minimum absolute atomic E-state index is 0.0651. The Bertz CT molecular complexity index is 1280. The third kappa shape index (κ3) is 6.09. The van der Waals surface area contributed by atoms with Gasteiger partial charge in [-0.2, -0.15) is 0 Å². The molecule has 0 saturated carbocycles. The maximum Gasteiger partial charge on any atom is 0.338 e. The monoisotopic (exact) mass is 553 g/mol. The zero-order valence-corrected chi connectivity index (χ0v) is 20.7. The normalized spacial score (nSPS) is 15.2. The van der Waals surface area contributed by atoms with Gasteiger partial charge in [0.25, 0.3) is 5.91 Å². The van der Waals surface area contributed by atoms with Crippen LogP contribution in [0.4, 0.5) is 17.1 Å². The number of hydrogen-bond donors (Lipinski definition) is 2. The number of rotatable bonds is 7. The van der Waals surface area contributed by atoms with Crippen LogP contribution in [-0.2, 0) is 19.1 Å². The maximum atomic E-state index is 12.9. The molecule has 8 nitrogen and oxygen atoms in total. The molecule has 1 aliphatic heterocycles. The van der Waals surface area contributed by atoms with Gasteiger partial charge in [-0.25, -0.2) is 9.69 Å². The van der Waals surface area contributed by atoms with E-state index < -0.39 is 23.7 Å². The molecule has 178 valence electrons. The van der Waals surface area contributed by atoms with E-state index in [1.54, 1.807) is 42.5 Å². The summed E-state index contributed by atoms with van der Waals surface area (Å²) >= 11 is 4.60. The molecule has 1 fully saturated rings. The third-order valence-electron chi connectivity index (χ3n) is 5.07. The number of hydrogen-bond acceptors (Lipinski definition) is 7. The number of halogens is 1. The van der Waals surface area contributed by atoms with E-state index in [1.807, 2.05) is 6.07 Å². The van der Waals surface area contributed by atoms with Gasteiger partial charge in [-0.05, 0) is 66.7 Å². The minimum Gasteiger partial charge on any atom is -0.452 e. The van der Waals surface area contributed by atoms with E-state index in [-0.39, 0.29) is 23.8 Å². The summed E-state index contributed by atoms with van der Waals surface area (Å²) in [4.78, 5) is 51.7. The number of thioether (sulfide) groups is 1. The maximum absolute atomic E-state index is 12.9. The molecule has 0 bridgehead atoms. The SMILES string of the molecule is Nc1cccc(SC2CC(=O)N(c3ccc(C(=O)OCC(=O)Nc4ccc(Br)cc4)cc3)C2=O)c1. The van der Waals surface area contributed by atoms with Gasteiger partial charge in [0, 0.05) is 27.2 Å². The first kappa shape index (κ1) is 24.5. The Kier molecular flexibility index (Phi) is 7.52. The second-order valence-corrected chi connectivity index (χ2v) is 9.82. The Hall–Kier alpha value is -3.63. The molecule has 3 amide bonds. The van der Waals surface area contributed by atoms with Crippen LogP contribution in [-0.4, -0.2) is 35.5 Å². The summed E-state index contributed by atoms with van der Waals surface area (Å²) < 4.78 is 5.94. The molecule has 10 heteroatoms. The van der Waals surface area contributed by atoms with Crippen LogP contribution in [0, 0.1) is 0 Å². The summed E-state index contributed by atoms with van der Waals surface area (Å²) in [7, 11) is 0. The lowest BCUT2D eigenvalue weighted by atomic mass is 10.2. The molecule has 35 heavy (non-hydrogen) atoms. The summed E-state index contributed by atoms with van der Waals surface area (Å²) in [5, 5.41) is 2.07. The van der Waals surface area contributed by atoms with Crippen molar-refractivity contribution in [2.75, 3.05) is 22.6 Å². The lowest BCUT2D eigenvalue weighted by Crippen LogP contribution is -2.31. The van der Waals surface area contributed by atoms with E-state index in [1.165, 1.54) is 36.0 Å². The first-order valence-corrected chi connectivity index (χ1v) is 12.2. The van der Waals surface area contributed by atoms with Crippen LogP contribution in [0.1, 0.15) is 16.8 Å². The first-order valence-electron chi connectivity index (χ1n) is 10.5. The van der Waals surface area contributed by atoms with Crippen LogP contribution in [0.2, 0.25) is 0 Å². The van der Waals surface area contributed by atoms with Crippen molar-refractivity contribution in [3.05, 3.63) is 82.8 Å². The fraction of sp³-hybridized carbons (Fsp3) is 0.120. The molecule has 3 N–H and O–H groups in total. The number of nitrogens with zero attached hydrogens (tertiary/aromatic N) is 1. The predicted octanol–water partition coefficient (Wildman–Crippen LogP) is 4.25. The number of nitrogens with two attached hydrogens (primary N) is 1. The van der Waals surface area contributed by atoms with Crippen LogP contribution in [0.5, 0.6) is 0 Å². The zero-order valence-electron chi connectivity index (χ0n) is 18.3. The number of ether oxygens (including phenoxy) is 1. The number of benzene rings is 3. The summed E-state index contributed by atoms with van der Waals surface area (Å²) in [6, 6.07) is 20.0. The van der Waals surface area contributed by atoms with Crippen molar-refractivity contribution in [2.24, 2.45) is 0 Å². The molecule has 1 atom stereocenters. The largest absolute Gasteiger partial charge is 0.452 e. The second-order valence-electron chi connectivity index (χ2n) is 7.63. The minimum atomic E-state index is -0.698. The lowest BCUT2D eigenvalue weighted by Gasteiger charge is -2.15. The summed E-state index contributed by atoms with van der Waals surface area (Å²) in [6.07, 6.45) is 0.0651. The average Bonchev–Trinajstić information content (AvgIpc) is 3.11. The molecule has 0 aromatic heterocycles. The molecular formula is C25H20BrN3O5S. The molecule has 4 rings (SSSR count). The number of anilines is 3. The highest BCUT2D eigenvalue weighted by Gasteiger charge is 2.40. The smallest absolute Gasteiger partial charge is 0.338 e. The van der Waals surface area contributed by atoms with Crippen molar-refractivity contribution in [1.29, 1.82) is 0 Å². The van der Waals surface area contributed by atoms with Gasteiger partial charge < -0.3 is 15.8 Å². The van der Waals surface area contributed by atoms with Crippen LogP contribution >= 0.6 is 27.7 Å². The zero-order chi connectivity index (χ0) is 24.9. The van der Waals surface area contributed by atoms with Gasteiger partial charge >= 0.3 is 5.97 Å². The summed E-state index contributed by atoms with van der Waals surface area (Å²) in [5.41, 5.74) is 7.50. The second kappa shape index (κ2) is 10.7. The van der Waals surface area contributed by atoms with E-state index in [0.29, 0.717) is 17.1 Å². The van der Waals surface area contributed by atoms with Gasteiger partial charge in [-0.15, -0.1) is 11.8 Å². The number of nitrogen functional groups attached to an aromatic ring is 1. The Morgan fingerprint density at radius 3 is 2.46 bits per heavy atom. The quantitative estimate of drug-likeness (QED) is 0.255. The van der Waals surface area contributed by atoms with E-state index >= 15 is 0 Å². The van der Waals surface area contributed by atoms with Gasteiger partial charge in [0.2, 0.25) is 11.8 Å². The molecule has 3 aromatic rings. The molecule has 1 saturated heterocycles. The highest BCUT2D eigenvalue weighted by molar-refractivity contribution is 9.10. The van der Waals surface area contributed by atoms with Crippen molar-refractivity contribution in [3.63, 3.8) is 0 Å². The van der Waals surface area contributed by atoms with Gasteiger partial charge in [0.15, 0.2) is 6.61 Å². The number of amides is 3. The molecule has 3 aromatic carbocycles. The van der Waals surface area contributed by atoms with Crippen LogP contribution < -0.4 is 16.0 Å². The third-order valence-corrected chi connectivity index (χ3v) is 6.77. The van der Waals surface area contributed by atoms with Crippen molar-refractivity contribution < 1.29 is 23.9 Å². The highest BCUT2D eigenvalue weighted by atomic mass is 79.9. The molecule has 0 aliphatic carbocycles. The summed E-state index contributed by atoms with van der Waals surface area (Å²) in [5.74, 6) is -1.83. The van der Waals surface area contributed by atoms with E-state index in [9.17, 15) is 19.2 Å². The van der Waals surface area contributed by atoms with Crippen LogP contribution in [0.3, 0.4) is 0 Å². The molecule has 0 spiro atoms. The van der Waals surface area contributed by atoms with Gasteiger partial charge in [0.05, 0.1) is 16.5 Å². The lowest BCUT2D eigenvalue weighted by molar-refractivity contribution is -0.121. The van der Waals surface area contributed by atoms with E-state index in [2.05, 4.69) is 21.2 Å². The van der Waals surface area contributed by atoms with Gasteiger partial charge in [-0.1, -0.05) is 22.0 Å².